The molecule has 2 aromatic heterocycles. The highest BCUT2D eigenvalue weighted by atomic mass is 32.1. The highest BCUT2D eigenvalue weighted by Gasteiger charge is 2.37. The third-order valence-corrected chi connectivity index (χ3v) is 14.4. The number of benzene rings is 9. The Morgan fingerprint density at radius 2 is 0.981 bits per heavy atom. The second-order valence-corrected chi connectivity index (χ2v) is 17.3. The van der Waals surface area contributed by atoms with E-state index in [-0.39, 0.29) is 5.41 Å². The van der Waals surface area contributed by atoms with Crippen molar-refractivity contribution in [1.29, 1.82) is 0 Å². The topological polar surface area (TPSA) is 0 Å². The van der Waals surface area contributed by atoms with Crippen molar-refractivity contribution in [2.75, 3.05) is 0 Å². The van der Waals surface area contributed by atoms with Gasteiger partial charge in [-0.25, -0.2) is 0 Å². The summed E-state index contributed by atoms with van der Waals surface area (Å²) in [5, 5.41) is 13.3. The molecule has 0 saturated carbocycles. The van der Waals surface area contributed by atoms with Crippen LogP contribution in [0.15, 0.2) is 158 Å². The van der Waals surface area contributed by atoms with E-state index >= 15 is 0 Å². The largest absolute Gasteiger partial charge is 0.135 e. The zero-order valence-corrected chi connectivity index (χ0v) is 31.0. The van der Waals surface area contributed by atoms with Crippen LogP contribution in [0.1, 0.15) is 25.0 Å². The van der Waals surface area contributed by atoms with Gasteiger partial charge in [-0.1, -0.05) is 147 Å². The van der Waals surface area contributed by atoms with Crippen LogP contribution in [-0.2, 0) is 5.41 Å². The van der Waals surface area contributed by atoms with Gasteiger partial charge in [0, 0.05) is 51.1 Å². The minimum Gasteiger partial charge on any atom is -0.135 e. The summed E-state index contributed by atoms with van der Waals surface area (Å²) < 4.78 is 5.42. The molecule has 0 radical (unpaired) electrons. The number of thiophene rings is 2. The monoisotopic (exact) mass is 708 g/mol. The van der Waals surface area contributed by atoms with E-state index in [0.717, 1.165) is 0 Å². The molecular weight excluding hydrogens is 677 g/mol. The Hall–Kier alpha value is -5.80. The molecule has 12 rings (SSSR count). The van der Waals surface area contributed by atoms with Crippen molar-refractivity contribution >= 4 is 95.3 Å². The van der Waals surface area contributed by atoms with Crippen LogP contribution in [0.3, 0.4) is 0 Å². The lowest BCUT2D eigenvalue weighted by molar-refractivity contribution is 0.661. The maximum absolute atomic E-state index is 2.52. The minimum absolute atomic E-state index is 0.144. The van der Waals surface area contributed by atoms with Crippen LogP contribution < -0.4 is 0 Å². The predicted octanol–water partition coefficient (Wildman–Crippen LogP) is 15.5. The van der Waals surface area contributed by atoms with E-state index in [4.69, 9.17) is 0 Å². The highest BCUT2D eigenvalue weighted by molar-refractivity contribution is 7.27. The minimum atomic E-state index is -0.144. The molecule has 53 heavy (non-hydrogen) atoms. The first-order valence-electron chi connectivity index (χ1n) is 18.4. The van der Waals surface area contributed by atoms with E-state index < -0.39 is 0 Å². The second kappa shape index (κ2) is 10.6. The molecule has 2 heterocycles. The van der Waals surface area contributed by atoms with Crippen molar-refractivity contribution in [3.05, 3.63) is 169 Å². The number of hydrogen-bond donors (Lipinski definition) is 0. The van der Waals surface area contributed by atoms with Crippen LogP contribution in [0.4, 0.5) is 0 Å². The molecule has 0 bridgehead atoms. The lowest BCUT2D eigenvalue weighted by Crippen LogP contribution is -2.15. The second-order valence-electron chi connectivity index (χ2n) is 15.1. The highest BCUT2D eigenvalue weighted by Crippen LogP contribution is 2.55. The third kappa shape index (κ3) is 3.95. The molecule has 248 valence electrons. The van der Waals surface area contributed by atoms with Crippen LogP contribution in [0.25, 0.3) is 106 Å². The van der Waals surface area contributed by atoms with Gasteiger partial charge in [-0.3, -0.25) is 0 Å². The van der Waals surface area contributed by atoms with Crippen molar-refractivity contribution in [3.8, 4) is 33.4 Å². The Labute approximate surface area is 315 Å². The molecule has 0 spiro atoms. The average molecular weight is 709 g/mol. The average Bonchev–Trinajstić information content (AvgIpc) is 3.84. The van der Waals surface area contributed by atoms with Gasteiger partial charge in [-0.05, 0) is 95.7 Å². The van der Waals surface area contributed by atoms with Gasteiger partial charge in [0.05, 0.1) is 0 Å². The van der Waals surface area contributed by atoms with Gasteiger partial charge < -0.3 is 0 Å². The van der Waals surface area contributed by atoms with Gasteiger partial charge in [0.25, 0.3) is 0 Å². The van der Waals surface area contributed by atoms with Gasteiger partial charge in [0.15, 0.2) is 0 Å². The lowest BCUT2D eigenvalue weighted by Gasteiger charge is -2.23. The van der Waals surface area contributed by atoms with Crippen LogP contribution >= 0.6 is 22.7 Å². The van der Waals surface area contributed by atoms with Crippen molar-refractivity contribution in [1.82, 2.24) is 0 Å². The standard InChI is InChI=1S/C51H32S2/c1-51(2)40-27-24-29-22-25-36-31-12-7-9-19-42(31)53-50(36)46(29)49(40)37-26-23-30(28-41(37)51)45-32-13-3-5-15-34(32)47(35-16-6-4-14-33(35)45)39-18-11-21-44-48(39)38-17-8-10-20-43(38)52-44/h3-28H,1-2H3. The third-order valence-electron chi connectivity index (χ3n) is 12.1. The first-order chi connectivity index (χ1) is 26.1. The van der Waals surface area contributed by atoms with Gasteiger partial charge in [-0.2, -0.15) is 0 Å². The Morgan fingerprint density at radius 1 is 0.377 bits per heavy atom. The van der Waals surface area contributed by atoms with E-state index in [9.17, 15) is 0 Å². The number of fused-ring (bicyclic) bond motifs is 14. The lowest BCUT2D eigenvalue weighted by atomic mass is 9.80. The maximum atomic E-state index is 2.52. The maximum Gasteiger partial charge on any atom is 0.0440 e. The van der Waals surface area contributed by atoms with E-state index in [1.807, 2.05) is 22.7 Å². The molecule has 0 unspecified atom stereocenters. The Balaban J connectivity index is 1.14. The Morgan fingerprint density at radius 3 is 1.72 bits per heavy atom. The fourth-order valence-electron chi connectivity index (χ4n) is 9.69. The molecule has 0 nitrogen and oxygen atoms in total. The van der Waals surface area contributed by atoms with E-state index in [0.29, 0.717) is 0 Å². The quantitative estimate of drug-likeness (QED) is 0.157. The zero-order valence-electron chi connectivity index (χ0n) is 29.3. The summed E-state index contributed by atoms with van der Waals surface area (Å²) >= 11 is 3.83. The van der Waals surface area contributed by atoms with Gasteiger partial charge in [-0.15, -0.1) is 22.7 Å². The van der Waals surface area contributed by atoms with E-state index in [1.165, 1.54) is 117 Å². The summed E-state index contributed by atoms with van der Waals surface area (Å²) in [5.74, 6) is 0. The molecule has 1 aliphatic rings. The molecule has 1 aliphatic carbocycles. The molecule has 0 aliphatic heterocycles. The predicted molar refractivity (Wildman–Crippen MR) is 233 cm³/mol. The SMILES string of the molecule is CC1(C)c2cc(-c3c4ccccc4c(-c4cccc5sc6ccccc6c45)c4ccccc34)ccc2-c2c1ccc1ccc3c4ccccc4sc3c21. The normalized spacial score (nSPS) is 13.6. The first kappa shape index (κ1) is 29.7. The molecule has 0 atom stereocenters. The summed E-state index contributed by atoms with van der Waals surface area (Å²) in [6.45, 7) is 4.84. The van der Waals surface area contributed by atoms with Crippen molar-refractivity contribution in [3.63, 3.8) is 0 Å². The Kier molecular flexibility index (Phi) is 5.97. The Bertz CT molecular complexity index is 3310. The van der Waals surface area contributed by atoms with Crippen molar-refractivity contribution < 1.29 is 0 Å². The molecule has 0 fully saturated rings. The van der Waals surface area contributed by atoms with Crippen LogP contribution in [0.5, 0.6) is 0 Å². The molecule has 0 saturated heterocycles. The first-order valence-corrected chi connectivity index (χ1v) is 20.1. The number of rotatable bonds is 2. The number of hydrogen-bond acceptors (Lipinski definition) is 2. The molecule has 11 aromatic rings. The smallest absolute Gasteiger partial charge is 0.0440 e. The van der Waals surface area contributed by atoms with E-state index in [1.54, 1.807) is 0 Å². The van der Waals surface area contributed by atoms with E-state index in [2.05, 4.69) is 172 Å². The van der Waals surface area contributed by atoms with Crippen molar-refractivity contribution in [2.24, 2.45) is 0 Å². The molecule has 9 aromatic carbocycles. The fourth-order valence-corrected chi connectivity index (χ4v) is 12.1. The molecule has 0 amide bonds. The van der Waals surface area contributed by atoms with Crippen LogP contribution in [0.2, 0.25) is 0 Å². The van der Waals surface area contributed by atoms with Gasteiger partial charge >= 0.3 is 0 Å². The summed E-state index contributed by atoms with van der Waals surface area (Å²) in [5.41, 5.74) is 10.7. The van der Waals surface area contributed by atoms with Gasteiger partial charge in [0.2, 0.25) is 0 Å². The summed E-state index contributed by atoms with van der Waals surface area (Å²) in [6.07, 6.45) is 0. The summed E-state index contributed by atoms with van der Waals surface area (Å²) in [4.78, 5) is 0. The fraction of sp³-hybridized carbons (Fsp3) is 0.0588. The van der Waals surface area contributed by atoms with Crippen molar-refractivity contribution in [2.45, 2.75) is 19.3 Å². The zero-order chi connectivity index (χ0) is 35.0. The van der Waals surface area contributed by atoms with Crippen LogP contribution in [-0.4, -0.2) is 0 Å². The van der Waals surface area contributed by atoms with Crippen LogP contribution in [0, 0.1) is 0 Å². The van der Waals surface area contributed by atoms with Gasteiger partial charge in [0.1, 0.15) is 0 Å². The summed E-state index contributed by atoms with van der Waals surface area (Å²) in [6, 6.07) is 59.5. The summed E-state index contributed by atoms with van der Waals surface area (Å²) in [7, 11) is 0. The molecular formula is C51H32S2. The molecule has 2 heteroatoms. The molecule has 0 N–H and O–H groups in total.